The second kappa shape index (κ2) is 8.97. The molecule has 0 spiro atoms. The molecule has 3 rings (SSSR count). The van der Waals surface area contributed by atoms with Crippen LogP contribution in [-0.2, 0) is 0 Å². The largest absolute Gasteiger partial charge is 0.494 e. The number of amides is 1. The topological polar surface area (TPSA) is 93.2 Å². The van der Waals surface area contributed by atoms with Gasteiger partial charge in [-0.1, -0.05) is 12.1 Å². The highest BCUT2D eigenvalue weighted by molar-refractivity contribution is 6.03. The van der Waals surface area contributed by atoms with Crippen LogP contribution >= 0.6 is 0 Å². The lowest BCUT2D eigenvalue weighted by molar-refractivity contribution is 0.101. The SMILES string of the molecule is CCOc1ccc(NC(=O)c2cc(Nc3cccc(C(C)=O)c3)nc(C)n2)cc1. The van der Waals surface area contributed by atoms with Crippen molar-refractivity contribution in [2.75, 3.05) is 17.2 Å². The van der Waals surface area contributed by atoms with Crippen molar-refractivity contribution >= 4 is 28.9 Å². The Labute approximate surface area is 169 Å². The number of benzene rings is 2. The third-order valence-corrected chi connectivity index (χ3v) is 4.04. The second-order valence-corrected chi connectivity index (χ2v) is 6.36. The Balaban J connectivity index is 1.76. The molecule has 1 amide bonds. The van der Waals surface area contributed by atoms with Crippen molar-refractivity contribution in [3.63, 3.8) is 0 Å². The van der Waals surface area contributed by atoms with Gasteiger partial charge in [0.25, 0.3) is 5.91 Å². The molecule has 0 radical (unpaired) electrons. The van der Waals surface area contributed by atoms with Gasteiger partial charge in [-0.25, -0.2) is 9.97 Å². The summed E-state index contributed by atoms with van der Waals surface area (Å²) in [6, 6.07) is 15.8. The molecule has 2 N–H and O–H groups in total. The van der Waals surface area contributed by atoms with Gasteiger partial charge in [0.1, 0.15) is 23.1 Å². The summed E-state index contributed by atoms with van der Waals surface area (Å²) in [5, 5.41) is 5.93. The number of aromatic nitrogens is 2. The Bertz CT molecular complexity index is 1030. The van der Waals surface area contributed by atoms with E-state index in [4.69, 9.17) is 4.74 Å². The average Bonchev–Trinajstić information content (AvgIpc) is 2.69. The molecule has 1 heterocycles. The highest BCUT2D eigenvalue weighted by Crippen LogP contribution is 2.19. The first-order valence-corrected chi connectivity index (χ1v) is 9.22. The smallest absolute Gasteiger partial charge is 0.274 e. The fourth-order valence-corrected chi connectivity index (χ4v) is 2.71. The van der Waals surface area contributed by atoms with Crippen molar-refractivity contribution in [2.24, 2.45) is 0 Å². The highest BCUT2D eigenvalue weighted by Gasteiger charge is 2.12. The van der Waals surface area contributed by atoms with Crippen molar-refractivity contribution < 1.29 is 14.3 Å². The maximum Gasteiger partial charge on any atom is 0.274 e. The molecule has 0 fully saturated rings. The number of carbonyl (C=O) groups excluding carboxylic acids is 2. The Morgan fingerprint density at radius 3 is 2.45 bits per heavy atom. The van der Waals surface area contributed by atoms with Crippen LogP contribution in [0.5, 0.6) is 5.75 Å². The number of aryl methyl sites for hydroxylation is 1. The molecular weight excluding hydrogens is 368 g/mol. The molecule has 2 aromatic carbocycles. The maximum atomic E-state index is 12.6. The molecule has 29 heavy (non-hydrogen) atoms. The van der Waals surface area contributed by atoms with Gasteiger partial charge in [0, 0.05) is 23.0 Å². The number of anilines is 3. The maximum absolute atomic E-state index is 12.6. The van der Waals surface area contributed by atoms with E-state index < -0.39 is 0 Å². The number of rotatable bonds is 7. The van der Waals surface area contributed by atoms with E-state index in [-0.39, 0.29) is 17.4 Å². The Morgan fingerprint density at radius 1 is 1.00 bits per heavy atom. The summed E-state index contributed by atoms with van der Waals surface area (Å²) in [6.07, 6.45) is 0. The van der Waals surface area contributed by atoms with E-state index in [1.807, 2.05) is 13.0 Å². The van der Waals surface area contributed by atoms with E-state index >= 15 is 0 Å². The van der Waals surface area contributed by atoms with E-state index in [9.17, 15) is 9.59 Å². The van der Waals surface area contributed by atoms with Crippen LogP contribution in [0, 0.1) is 6.92 Å². The summed E-state index contributed by atoms with van der Waals surface area (Å²) in [5.41, 5.74) is 2.16. The summed E-state index contributed by atoms with van der Waals surface area (Å²) in [6.45, 7) is 5.72. The number of nitrogens with one attached hydrogen (secondary N) is 2. The number of Topliss-reactive ketones (excluding diaryl/α,β-unsaturated/α-hetero) is 1. The summed E-state index contributed by atoms with van der Waals surface area (Å²) in [4.78, 5) is 32.7. The molecule has 0 aliphatic heterocycles. The average molecular weight is 390 g/mol. The standard InChI is InChI=1S/C22H22N4O3/c1-4-29-19-10-8-17(9-11-19)26-22(28)20-13-21(24-15(3)23-20)25-18-7-5-6-16(12-18)14(2)27/h5-13H,4H2,1-3H3,(H,26,28)(H,23,24,25). The van der Waals surface area contributed by atoms with Gasteiger partial charge in [-0.3, -0.25) is 9.59 Å². The summed E-state index contributed by atoms with van der Waals surface area (Å²) in [7, 11) is 0. The van der Waals surface area contributed by atoms with Crippen molar-refractivity contribution in [3.8, 4) is 5.75 Å². The van der Waals surface area contributed by atoms with Gasteiger partial charge in [-0.2, -0.15) is 0 Å². The first-order chi connectivity index (χ1) is 13.9. The molecule has 0 atom stereocenters. The molecule has 7 nitrogen and oxygen atoms in total. The van der Waals surface area contributed by atoms with Crippen molar-refractivity contribution in [2.45, 2.75) is 20.8 Å². The number of hydrogen-bond donors (Lipinski definition) is 2. The first kappa shape index (κ1) is 20.0. The van der Waals surface area contributed by atoms with Gasteiger partial charge in [-0.05, 0) is 57.2 Å². The summed E-state index contributed by atoms with van der Waals surface area (Å²) < 4.78 is 5.40. The van der Waals surface area contributed by atoms with Crippen LogP contribution in [0.4, 0.5) is 17.2 Å². The molecule has 0 aliphatic carbocycles. The molecular formula is C22H22N4O3. The van der Waals surface area contributed by atoms with Gasteiger partial charge in [0.15, 0.2) is 5.78 Å². The molecule has 0 aliphatic rings. The van der Waals surface area contributed by atoms with E-state index in [1.54, 1.807) is 55.5 Å². The minimum absolute atomic E-state index is 0.0251. The lowest BCUT2D eigenvalue weighted by Gasteiger charge is -2.10. The molecule has 148 valence electrons. The van der Waals surface area contributed by atoms with Gasteiger partial charge >= 0.3 is 0 Å². The van der Waals surface area contributed by atoms with Gasteiger partial charge in [0.05, 0.1) is 6.61 Å². The summed E-state index contributed by atoms with van der Waals surface area (Å²) in [5.74, 6) is 1.29. The van der Waals surface area contributed by atoms with Crippen LogP contribution in [0.15, 0.2) is 54.6 Å². The van der Waals surface area contributed by atoms with Crippen LogP contribution in [0.3, 0.4) is 0 Å². The molecule has 0 saturated carbocycles. The fraction of sp³-hybridized carbons (Fsp3) is 0.182. The van der Waals surface area contributed by atoms with E-state index in [0.29, 0.717) is 35.2 Å². The van der Waals surface area contributed by atoms with Gasteiger partial charge < -0.3 is 15.4 Å². The molecule has 3 aromatic rings. The van der Waals surface area contributed by atoms with Gasteiger partial charge in [0.2, 0.25) is 0 Å². The lowest BCUT2D eigenvalue weighted by Crippen LogP contribution is -2.15. The van der Waals surface area contributed by atoms with Crippen molar-refractivity contribution in [1.29, 1.82) is 0 Å². The minimum Gasteiger partial charge on any atom is -0.494 e. The van der Waals surface area contributed by atoms with Crippen molar-refractivity contribution in [1.82, 2.24) is 9.97 Å². The normalized spacial score (nSPS) is 10.3. The van der Waals surface area contributed by atoms with Crippen LogP contribution in [-0.4, -0.2) is 28.3 Å². The van der Waals surface area contributed by atoms with Gasteiger partial charge in [-0.15, -0.1) is 0 Å². The number of hydrogen-bond acceptors (Lipinski definition) is 6. The minimum atomic E-state index is -0.347. The van der Waals surface area contributed by atoms with Crippen LogP contribution in [0.1, 0.15) is 40.5 Å². The molecule has 0 saturated heterocycles. The number of carbonyl (C=O) groups is 2. The number of nitrogens with zero attached hydrogens (tertiary/aromatic N) is 2. The van der Waals surface area contributed by atoms with E-state index in [0.717, 1.165) is 5.75 Å². The molecule has 0 unspecified atom stereocenters. The summed E-state index contributed by atoms with van der Waals surface area (Å²) >= 11 is 0. The highest BCUT2D eigenvalue weighted by atomic mass is 16.5. The Hall–Kier alpha value is -3.74. The molecule has 0 bridgehead atoms. The predicted octanol–water partition coefficient (Wildman–Crippen LogP) is 4.38. The Kier molecular flexibility index (Phi) is 6.19. The van der Waals surface area contributed by atoms with Crippen LogP contribution in [0.25, 0.3) is 0 Å². The Morgan fingerprint density at radius 2 is 1.76 bits per heavy atom. The first-order valence-electron chi connectivity index (χ1n) is 9.22. The third-order valence-electron chi connectivity index (χ3n) is 4.04. The van der Waals surface area contributed by atoms with Crippen molar-refractivity contribution in [3.05, 3.63) is 71.7 Å². The quantitative estimate of drug-likeness (QED) is 0.582. The van der Waals surface area contributed by atoms with E-state index in [2.05, 4.69) is 20.6 Å². The zero-order valence-electron chi connectivity index (χ0n) is 16.5. The number of ether oxygens (including phenoxy) is 1. The zero-order valence-corrected chi connectivity index (χ0v) is 16.5. The zero-order chi connectivity index (χ0) is 20.8. The van der Waals surface area contributed by atoms with Crippen LogP contribution < -0.4 is 15.4 Å². The lowest BCUT2D eigenvalue weighted by atomic mass is 10.1. The van der Waals surface area contributed by atoms with Crippen LogP contribution in [0.2, 0.25) is 0 Å². The fourth-order valence-electron chi connectivity index (χ4n) is 2.71. The predicted molar refractivity (Wildman–Crippen MR) is 112 cm³/mol. The molecule has 7 heteroatoms. The molecule has 1 aromatic heterocycles. The monoisotopic (exact) mass is 390 g/mol. The van der Waals surface area contributed by atoms with E-state index in [1.165, 1.54) is 6.92 Å². The second-order valence-electron chi connectivity index (χ2n) is 6.36. The number of ketones is 1. The third kappa shape index (κ3) is 5.38.